The van der Waals surface area contributed by atoms with E-state index < -0.39 is 10.6 Å². The van der Waals surface area contributed by atoms with Crippen LogP contribution in [-0.4, -0.2) is 48.5 Å². The first-order chi connectivity index (χ1) is 14.9. The highest BCUT2D eigenvalue weighted by atomic mass is 32.2. The number of ether oxygens (including phenoxy) is 5. The molecule has 0 fully saturated rings. The molecule has 0 spiro atoms. The minimum absolute atomic E-state index is 0.107. The van der Waals surface area contributed by atoms with Crippen LogP contribution in [0.15, 0.2) is 48.5 Å². The normalized spacial score (nSPS) is 12.5. The topological polar surface area (TPSA) is 80.3 Å². The summed E-state index contributed by atoms with van der Waals surface area (Å²) in [4.78, 5) is 24.0. The van der Waals surface area contributed by atoms with Gasteiger partial charge in [-0.05, 0) is 79.0 Å². The first-order valence-corrected chi connectivity index (χ1v) is 11.4. The van der Waals surface area contributed by atoms with Gasteiger partial charge in [0.2, 0.25) is 0 Å². The van der Waals surface area contributed by atoms with Crippen molar-refractivity contribution in [1.29, 1.82) is 0 Å². The molecule has 2 aromatic carbocycles. The van der Waals surface area contributed by atoms with Crippen molar-refractivity contribution in [1.82, 2.24) is 0 Å². The largest absolute Gasteiger partial charge is 0.497 e. The van der Waals surface area contributed by atoms with Crippen molar-refractivity contribution in [3.63, 3.8) is 0 Å². The molecule has 0 N–H and O–H groups in total. The number of methoxy groups -OCH3 is 2. The second-order valence-corrected chi connectivity index (χ2v) is 8.77. The van der Waals surface area contributed by atoms with Crippen molar-refractivity contribution >= 4 is 34.1 Å². The van der Waals surface area contributed by atoms with Gasteiger partial charge in [0, 0.05) is 11.0 Å². The lowest BCUT2D eigenvalue weighted by Gasteiger charge is -2.16. The molecule has 168 valence electrons. The van der Waals surface area contributed by atoms with E-state index >= 15 is 0 Å². The van der Waals surface area contributed by atoms with Gasteiger partial charge in [0.15, 0.2) is 0 Å². The molecule has 7 nitrogen and oxygen atoms in total. The van der Waals surface area contributed by atoms with E-state index in [4.69, 9.17) is 23.7 Å². The van der Waals surface area contributed by atoms with Crippen molar-refractivity contribution in [2.45, 2.75) is 25.2 Å². The summed E-state index contributed by atoms with van der Waals surface area (Å²) in [6, 6.07) is 13.6. The minimum atomic E-state index is -0.411. The van der Waals surface area contributed by atoms with Crippen LogP contribution in [0.5, 0.6) is 23.0 Å². The van der Waals surface area contributed by atoms with E-state index in [1.54, 1.807) is 62.8 Å². The van der Waals surface area contributed by atoms with Gasteiger partial charge in [-0.15, -0.1) is 0 Å². The van der Waals surface area contributed by atoms with Crippen molar-refractivity contribution in [3.8, 4) is 23.0 Å². The molecule has 0 saturated heterocycles. The predicted molar refractivity (Wildman–Crippen MR) is 123 cm³/mol. The van der Waals surface area contributed by atoms with Crippen LogP contribution in [0, 0.1) is 0 Å². The third-order valence-corrected chi connectivity index (χ3v) is 5.64. The fraction of sp³-hybridized carbons (Fsp3) is 0.364. The highest BCUT2D eigenvalue weighted by Gasteiger charge is 2.15. The second kappa shape index (κ2) is 13.1. The Morgan fingerprint density at radius 3 is 1.71 bits per heavy atom. The average Bonchev–Trinajstić information content (AvgIpc) is 2.77. The fourth-order valence-corrected chi connectivity index (χ4v) is 3.51. The van der Waals surface area contributed by atoms with E-state index in [2.05, 4.69) is 0 Å². The van der Waals surface area contributed by atoms with Crippen molar-refractivity contribution in [2.75, 3.05) is 26.6 Å². The van der Waals surface area contributed by atoms with Gasteiger partial charge < -0.3 is 23.7 Å². The zero-order valence-corrected chi connectivity index (χ0v) is 19.5. The Kier molecular flexibility index (Phi) is 10.6. The molecule has 0 aliphatic carbocycles. The zero-order valence-electron chi connectivity index (χ0n) is 17.9. The molecular formula is C22H26O7S2. The molecule has 9 heteroatoms. The number of hydrogen-bond acceptors (Lipinski definition) is 9. The van der Waals surface area contributed by atoms with Crippen LogP contribution in [0.3, 0.4) is 0 Å². The summed E-state index contributed by atoms with van der Waals surface area (Å²) < 4.78 is 26.4. The number of carbonyl (C=O) groups is 2. The summed E-state index contributed by atoms with van der Waals surface area (Å²) in [7, 11) is 3.14. The molecule has 2 unspecified atom stereocenters. The maximum absolute atomic E-state index is 12.0. The molecule has 0 bridgehead atoms. The standard InChI is InChI=1S/C22H26O7S2/c1-15(14-30-21(23)28-19-9-5-17(25-3)6-10-19)27-13-16(2)31-22(24)29-20-11-7-18(26-4)8-12-20/h5-12,15-16H,13-14H2,1-4H3. The van der Waals surface area contributed by atoms with Crippen LogP contribution < -0.4 is 18.9 Å². The van der Waals surface area contributed by atoms with Gasteiger partial charge in [-0.1, -0.05) is 6.92 Å². The lowest BCUT2D eigenvalue weighted by molar-refractivity contribution is 0.0850. The summed E-state index contributed by atoms with van der Waals surface area (Å²) in [5, 5.41) is -0.929. The molecule has 31 heavy (non-hydrogen) atoms. The van der Waals surface area contributed by atoms with Crippen LogP contribution in [0.4, 0.5) is 9.59 Å². The van der Waals surface area contributed by atoms with Gasteiger partial charge in [-0.3, -0.25) is 0 Å². The van der Waals surface area contributed by atoms with Gasteiger partial charge in [0.25, 0.3) is 0 Å². The maximum atomic E-state index is 12.0. The zero-order chi connectivity index (χ0) is 22.6. The van der Waals surface area contributed by atoms with E-state index in [9.17, 15) is 9.59 Å². The molecule has 0 aromatic heterocycles. The van der Waals surface area contributed by atoms with Gasteiger partial charge in [0.05, 0.1) is 26.9 Å². The molecule has 2 rings (SSSR count). The van der Waals surface area contributed by atoms with E-state index in [1.165, 1.54) is 0 Å². The van der Waals surface area contributed by atoms with E-state index in [0.29, 0.717) is 35.4 Å². The van der Waals surface area contributed by atoms with Crippen molar-refractivity contribution in [3.05, 3.63) is 48.5 Å². The summed E-state index contributed by atoms with van der Waals surface area (Å²) in [6.45, 7) is 4.08. The quantitative estimate of drug-likeness (QED) is 0.412. The van der Waals surface area contributed by atoms with E-state index in [1.807, 2.05) is 13.8 Å². The Morgan fingerprint density at radius 2 is 1.23 bits per heavy atom. The summed E-state index contributed by atoms with van der Waals surface area (Å²) in [5.74, 6) is 2.71. The molecular weight excluding hydrogens is 440 g/mol. The number of rotatable bonds is 10. The van der Waals surface area contributed by atoms with Gasteiger partial charge in [-0.25, -0.2) is 9.59 Å². The minimum Gasteiger partial charge on any atom is -0.497 e. The summed E-state index contributed by atoms with van der Waals surface area (Å²) in [6.07, 6.45) is -0.186. The monoisotopic (exact) mass is 466 g/mol. The molecule has 0 aliphatic rings. The van der Waals surface area contributed by atoms with E-state index in [0.717, 1.165) is 23.5 Å². The Labute approximate surface area is 190 Å². The Balaban J connectivity index is 1.63. The van der Waals surface area contributed by atoms with Crippen molar-refractivity contribution in [2.24, 2.45) is 0 Å². The smallest absolute Gasteiger partial charge is 0.373 e. The Morgan fingerprint density at radius 1 is 0.774 bits per heavy atom. The third kappa shape index (κ3) is 9.54. The lowest BCUT2D eigenvalue weighted by Crippen LogP contribution is -2.20. The average molecular weight is 467 g/mol. The van der Waals surface area contributed by atoms with Crippen LogP contribution in [0.25, 0.3) is 0 Å². The second-order valence-electron chi connectivity index (χ2n) is 6.44. The molecule has 2 aromatic rings. The molecule has 0 radical (unpaired) electrons. The third-order valence-electron chi connectivity index (χ3n) is 3.87. The highest BCUT2D eigenvalue weighted by molar-refractivity contribution is 8.13. The lowest BCUT2D eigenvalue weighted by atomic mass is 10.3. The predicted octanol–water partition coefficient (Wildman–Crippen LogP) is 5.66. The van der Waals surface area contributed by atoms with Crippen molar-refractivity contribution < 1.29 is 33.3 Å². The van der Waals surface area contributed by atoms with Gasteiger partial charge in [-0.2, -0.15) is 0 Å². The maximum Gasteiger partial charge on any atom is 0.373 e. The van der Waals surface area contributed by atoms with Crippen LogP contribution in [-0.2, 0) is 4.74 Å². The number of carbonyl (C=O) groups excluding carboxylic acids is 2. The molecule has 0 aliphatic heterocycles. The Hall–Kier alpha value is -2.36. The van der Waals surface area contributed by atoms with Crippen LogP contribution in [0.1, 0.15) is 13.8 Å². The first-order valence-electron chi connectivity index (χ1n) is 9.52. The van der Waals surface area contributed by atoms with Gasteiger partial charge in [0.1, 0.15) is 23.0 Å². The first kappa shape index (κ1) is 24.9. The summed E-state index contributed by atoms with van der Waals surface area (Å²) >= 11 is 2.08. The SMILES string of the molecule is COc1ccc(OC(=O)SCC(C)OCC(C)SC(=O)Oc2ccc(OC)cc2)cc1. The fourth-order valence-electron chi connectivity index (χ4n) is 2.27. The van der Waals surface area contributed by atoms with E-state index in [-0.39, 0.29) is 11.4 Å². The number of benzene rings is 2. The van der Waals surface area contributed by atoms with Gasteiger partial charge >= 0.3 is 10.6 Å². The van der Waals surface area contributed by atoms with Crippen LogP contribution >= 0.6 is 23.5 Å². The molecule has 0 heterocycles. The highest BCUT2D eigenvalue weighted by Crippen LogP contribution is 2.22. The van der Waals surface area contributed by atoms with Crippen LogP contribution in [0.2, 0.25) is 0 Å². The molecule has 0 amide bonds. The molecule has 0 saturated carbocycles. The summed E-state index contributed by atoms with van der Waals surface area (Å²) in [5.41, 5.74) is 0. The number of thioether (sulfide) groups is 2. The molecule has 2 atom stereocenters. The number of hydrogen-bond donors (Lipinski definition) is 0. The Bertz CT molecular complexity index is 825.